The van der Waals surface area contributed by atoms with Crippen molar-refractivity contribution in [1.82, 2.24) is 9.62 Å². The highest BCUT2D eigenvalue weighted by atomic mass is 32.2. The summed E-state index contributed by atoms with van der Waals surface area (Å²) >= 11 is 0. The Morgan fingerprint density at radius 3 is 2.38 bits per heavy atom. The predicted molar refractivity (Wildman–Crippen MR) is 54.0 cm³/mol. The molecule has 0 heterocycles. The summed E-state index contributed by atoms with van der Waals surface area (Å²) in [5.41, 5.74) is 5.16. The maximum Gasteiger partial charge on any atom is 0.213 e. The van der Waals surface area contributed by atoms with Crippen LogP contribution in [0.4, 0.5) is 0 Å². The van der Waals surface area contributed by atoms with E-state index in [0.717, 1.165) is 0 Å². The molecule has 1 atom stereocenters. The van der Waals surface area contributed by atoms with Gasteiger partial charge < -0.3 is 10.6 Å². The fourth-order valence-corrected chi connectivity index (χ4v) is 2.22. The van der Waals surface area contributed by atoms with Crippen LogP contribution in [0.25, 0.3) is 0 Å². The topological polar surface area (TPSA) is 75.4 Å². The molecule has 0 saturated heterocycles. The Labute approximate surface area is 80.3 Å². The fourth-order valence-electron chi connectivity index (χ4n) is 1.11. The summed E-state index contributed by atoms with van der Waals surface area (Å²) in [7, 11) is 0.615. The van der Waals surface area contributed by atoms with Crippen molar-refractivity contribution >= 4 is 10.0 Å². The van der Waals surface area contributed by atoms with Crippen LogP contribution in [0.5, 0.6) is 0 Å². The van der Waals surface area contributed by atoms with Crippen LogP contribution >= 0.6 is 0 Å². The van der Waals surface area contributed by atoms with Crippen LogP contribution < -0.4 is 10.5 Å². The summed E-state index contributed by atoms with van der Waals surface area (Å²) in [5, 5.41) is 0. The molecule has 0 aromatic carbocycles. The minimum Gasteiger partial charge on any atom is -0.329 e. The van der Waals surface area contributed by atoms with E-state index in [9.17, 15) is 8.42 Å². The van der Waals surface area contributed by atoms with Crippen molar-refractivity contribution in [2.24, 2.45) is 5.73 Å². The third-order valence-electron chi connectivity index (χ3n) is 1.41. The lowest BCUT2D eigenvalue weighted by Crippen LogP contribution is -2.41. The van der Waals surface area contributed by atoms with Gasteiger partial charge in [0.2, 0.25) is 10.0 Å². The van der Waals surface area contributed by atoms with Gasteiger partial charge in [0, 0.05) is 19.1 Å². The number of likely N-dealkylation sites (N-methyl/N-ethyl adjacent to an activating group) is 1. The summed E-state index contributed by atoms with van der Waals surface area (Å²) in [5.74, 6) is -0.00916. The molecule has 5 nitrogen and oxygen atoms in total. The van der Waals surface area contributed by atoms with Gasteiger partial charge in [-0.25, -0.2) is 13.1 Å². The molecule has 0 radical (unpaired) electrons. The van der Waals surface area contributed by atoms with Crippen molar-refractivity contribution in [3.05, 3.63) is 0 Å². The first kappa shape index (κ1) is 12.8. The van der Waals surface area contributed by atoms with Gasteiger partial charge in [-0.05, 0) is 21.0 Å². The number of nitrogens with two attached hydrogens (primary N) is 1. The highest BCUT2D eigenvalue weighted by Crippen LogP contribution is 1.90. The van der Waals surface area contributed by atoms with E-state index < -0.39 is 10.0 Å². The van der Waals surface area contributed by atoms with Crippen molar-refractivity contribution in [2.75, 3.05) is 32.9 Å². The zero-order valence-electron chi connectivity index (χ0n) is 8.45. The standard InChI is InChI=1S/C7H19N3O2S/c1-7(6-10(2)3)9-13(11,12)5-4-8/h7,9H,4-6,8H2,1-3H3. The van der Waals surface area contributed by atoms with E-state index in [1.807, 2.05) is 25.9 Å². The van der Waals surface area contributed by atoms with Crippen molar-refractivity contribution in [1.29, 1.82) is 0 Å². The van der Waals surface area contributed by atoms with Crippen LogP contribution in [-0.2, 0) is 10.0 Å². The molecule has 13 heavy (non-hydrogen) atoms. The van der Waals surface area contributed by atoms with Gasteiger partial charge in [-0.2, -0.15) is 0 Å². The lowest BCUT2D eigenvalue weighted by molar-refractivity contribution is 0.370. The van der Waals surface area contributed by atoms with Gasteiger partial charge in [0.1, 0.15) is 0 Å². The molecular weight excluding hydrogens is 190 g/mol. The largest absolute Gasteiger partial charge is 0.329 e. The van der Waals surface area contributed by atoms with Gasteiger partial charge in [0.15, 0.2) is 0 Å². The maximum atomic E-state index is 11.2. The first-order valence-corrected chi connectivity index (χ1v) is 5.87. The van der Waals surface area contributed by atoms with Gasteiger partial charge in [-0.15, -0.1) is 0 Å². The Kier molecular flexibility index (Phi) is 5.46. The Balaban J connectivity index is 3.97. The van der Waals surface area contributed by atoms with E-state index in [4.69, 9.17) is 5.73 Å². The molecule has 3 N–H and O–H groups in total. The van der Waals surface area contributed by atoms with Crippen molar-refractivity contribution in [3.63, 3.8) is 0 Å². The molecule has 0 spiro atoms. The van der Waals surface area contributed by atoms with E-state index >= 15 is 0 Å². The number of rotatable bonds is 6. The lowest BCUT2D eigenvalue weighted by atomic mass is 10.3. The van der Waals surface area contributed by atoms with Crippen molar-refractivity contribution < 1.29 is 8.42 Å². The number of nitrogens with zero attached hydrogens (tertiary/aromatic N) is 1. The Hall–Kier alpha value is -0.170. The Bertz CT molecular complexity index is 226. The second-order valence-electron chi connectivity index (χ2n) is 3.39. The van der Waals surface area contributed by atoms with Crippen LogP contribution in [0, 0.1) is 0 Å². The van der Waals surface area contributed by atoms with E-state index in [1.54, 1.807) is 0 Å². The molecular formula is C7H19N3O2S. The van der Waals surface area contributed by atoms with E-state index in [1.165, 1.54) is 0 Å². The number of sulfonamides is 1. The summed E-state index contributed by atoms with van der Waals surface area (Å²) in [6, 6.07) is -0.0773. The Morgan fingerprint density at radius 1 is 1.46 bits per heavy atom. The van der Waals surface area contributed by atoms with Crippen molar-refractivity contribution in [3.8, 4) is 0 Å². The summed E-state index contributed by atoms with van der Waals surface area (Å²) in [4.78, 5) is 1.93. The van der Waals surface area contributed by atoms with Gasteiger partial charge in [0.05, 0.1) is 5.75 Å². The average Bonchev–Trinajstić information content (AvgIpc) is 1.81. The first-order valence-electron chi connectivity index (χ1n) is 4.22. The van der Waals surface area contributed by atoms with Crippen LogP contribution in [0.3, 0.4) is 0 Å². The first-order chi connectivity index (χ1) is 5.87. The predicted octanol–water partition coefficient (Wildman–Crippen LogP) is -1.19. The van der Waals surface area contributed by atoms with Crippen LogP contribution in [0.15, 0.2) is 0 Å². The highest BCUT2D eigenvalue weighted by Gasteiger charge is 2.13. The zero-order chi connectivity index (χ0) is 10.5. The molecule has 0 aliphatic carbocycles. The average molecular weight is 209 g/mol. The minimum atomic E-state index is -3.18. The fraction of sp³-hybridized carbons (Fsp3) is 1.00. The quantitative estimate of drug-likeness (QED) is 0.577. The zero-order valence-corrected chi connectivity index (χ0v) is 9.26. The van der Waals surface area contributed by atoms with E-state index in [-0.39, 0.29) is 18.3 Å². The highest BCUT2D eigenvalue weighted by molar-refractivity contribution is 7.89. The van der Waals surface area contributed by atoms with Gasteiger partial charge in [-0.3, -0.25) is 0 Å². The molecule has 0 fully saturated rings. The summed E-state index contributed by atoms with van der Waals surface area (Å²) in [6.45, 7) is 2.67. The van der Waals surface area contributed by atoms with E-state index in [0.29, 0.717) is 6.54 Å². The third-order valence-corrected chi connectivity index (χ3v) is 2.94. The molecule has 0 aliphatic rings. The number of hydrogen-bond donors (Lipinski definition) is 2. The maximum absolute atomic E-state index is 11.2. The Morgan fingerprint density at radius 2 is 2.00 bits per heavy atom. The van der Waals surface area contributed by atoms with Crippen LogP contribution in [0.1, 0.15) is 6.92 Å². The third kappa shape index (κ3) is 6.94. The normalized spacial score (nSPS) is 14.8. The smallest absolute Gasteiger partial charge is 0.213 e. The molecule has 1 unspecified atom stereocenters. The van der Waals surface area contributed by atoms with Gasteiger partial charge >= 0.3 is 0 Å². The summed E-state index contributed by atoms with van der Waals surface area (Å²) < 4.78 is 25.0. The van der Waals surface area contributed by atoms with Gasteiger partial charge in [-0.1, -0.05) is 0 Å². The number of nitrogens with one attached hydrogen (secondary N) is 1. The molecule has 80 valence electrons. The molecule has 0 aromatic rings. The molecule has 0 saturated carbocycles. The van der Waals surface area contributed by atoms with E-state index in [2.05, 4.69) is 4.72 Å². The van der Waals surface area contributed by atoms with Crippen molar-refractivity contribution in [2.45, 2.75) is 13.0 Å². The van der Waals surface area contributed by atoms with Crippen LogP contribution in [-0.4, -0.2) is 52.3 Å². The second-order valence-corrected chi connectivity index (χ2v) is 5.26. The number of hydrogen-bond acceptors (Lipinski definition) is 4. The van der Waals surface area contributed by atoms with Gasteiger partial charge in [0.25, 0.3) is 0 Å². The molecule has 0 rings (SSSR count). The SMILES string of the molecule is CC(CN(C)C)NS(=O)(=O)CCN. The van der Waals surface area contributed by atoms with Crippen LogP contribution in [0.2, 0.25) is 0 Å². The summed E-state index contributed by atoms with van der Waals surface area (Å²) in [6.07, 6.45) is 0. The monoisotopic (exact) mass is 209 g/mol. The molecule has 0 bridgehead atoms. The molecule has 6 heteroatoms. The lowest BCUT2D eigenvalue weighted by Gasteiger charge is -2.17. The molecule has 0 aromatic heterocycles. The molecule has 0 amide bonds. The minimum absolute atomic E-state index is 0.00916. The molecule has 0 aliphatic heterocycles. The second kappa shape index (κ2) is 5.54.